The third-order valence-corrected chi connectivity index (χ3v) is 10.8. The molecule has 0 aliphatic carbocycles. The number of benzene rings is 10. The molecule has 10 aromatic carbocycles. The normalized spacial score (nSPS) is 11.8. The van der Waals surface area contributed by atoms with Gasteiger partial charge in [0.1, 0.15) is 5.58 Å². The Hall–Kier alpha value is -6.90. The van der Waals surface area contributed by atoms with Crippen LogP contribution in [0.4, 0.5) is 17.1 Å². The molecule has 0 fully saturated rings. The van der Waals surface area contributed by atoms with Crippen molar-refractivity contribution in [2.75, 3.05) is 4.90 Å². The van der Waals surface area contributed by atoms with Gasteiger partial charge in [0.2, 0.25) is 0 Å². The standard InChI is InChI=1S/C50H31NO/c1-4-11-41-33(8-1)18-19-38-30-37(24-28-43(38)41)32-20-25-39(26-21-32)51(40-27-22-36-17-16-34-9-2-5-12-42(34)47(36)31-40)48-15-7-14-45-46-29-23-35-10-3-6-13-44(35)49(46)52-50(45)48/h1-31H. The molecular weight excluding hydrogens is 631 g/mol. The highest BCUT2D eigenvalue weighted by atomic mass is 16.3. The van der Waals surface area contributed by atoms with Gasteiger partial charge in [0.05, 0.1) is 5.69 Å². The van der Waals surface area contributed by atoms with Crippen LogP contribution >= 0.6 is 0 Å². The molecule has 0 aliphatic rings. The summed E-state index contributed by atoms with van der Waals surface area (Å²) in [6.07, 6.45) is 0. The summed E-state index contributed by atoms with van der Waals surface area (Å²) in [7, 11) is 0. The van der Waals surface area contributed by atoms with Gasteiger partial charge >= 0.3 is 0 Å². The summed E-state index contributed by atoms with van der Waals surface area (Å²) in [4.78, 5) is 2.35. The predicted octanol–water partition coefficient (Wildman–Crippen LogP) is 14.5. The molecule has 0 saturated carbocycles. The van der Waals surface area contributed by atoms with Crippen molar-refractivity contribution in [2.24, 2.45) is 0 Å². The molecule has 11 aromatic rings. The molecule has 0 spiro atoms. The smallest absolute Gasteiger partial charge is 0.159 e. The van der Waals surface area contributed by atoms with E-state index in [1.54, 1.807) is 0 Å². The SMILES string of the molecule is c1ccc2c(c1)ccc1cc(-c3ccc(N(c4ccc5ccc6ccccc6c5c4)c4cccc5c4oc4c6ccccc6ccc54)cc3)ccc12. The Labute approximate surface area is 300 Å². The minimum Gasteiger partial charge on any atom is -0.453 e. The fraction of sp³-hybridized carbons (Fsp3) is 0. The second-order valence-corrected chi connectivity index (χ2v) is 13.7. The van der Waals surface area contributed by atoms with Crippen molar-refractivity contribution in [3.05, 3.63) is 188 Å². The summed E-state index contributed by atoms with van der Waals surface area (Å²) in [5.74, 6) is 0. The van der Waals surface area contributed by atoms with Crippen LogP contribution in [0, 0.1) is 0 Å². The molecule has 1 heterocycles. The number of nitrogens with zero attached hydrogens (tertiary/aromatic N) is 1. The van der Waals surface area contributed by atoms with Crippen molar-refractivity contribution >= 4 is 92.9 Å². The molecule has 11 rings (SSSR count). The maximum absolute atomic E-state index is 6.90. The van der Waals surface area contributed by atoms with E-state index in [-0.39, 0.29) is 0 Å². The molecule has 1 aromatic heterocycles. The number of fused-ring (bicyclic) bond motifs is 11. The first kappa shape index (κ1) is 28.9. The van der Waals surface area contributed by atoms with E-state index < -0.39 is 0 Å². The highest BCUT2D eigenvalue weighted by Gasteiger charge is 2.21. The van der Waals surface area contributed by atoms with Crippen LogP contribution in [0.3, 0.4) is 0 Å². The summed E-state index contributed by atoms with van der Waals surface area (Å²) >= 11 is 0. The zero-order chi connectivity index (χ0) is 34.2. The van der Waals surface area contributed by atoms with E-state index in [2.05, 4.69) is 193 Å². The van der Waals surface area contributed by atoms with Gasteiger partial charge in [0.15, 0.2) is 5.58 Å². The van der Waals surface area contributed by atoms with E-state index >= 15 is 0 Å². The molecule has 242 valence electrons. The Balaban J connectivity index is 1.11. The Bertz CT molecular complexity index is 3190. The Morgan fingerprint density at radius 3 is 1.56 bits per heavy atom. The first-order valence-electron chi connectivity index (χ1n) is 17.8. The van der Waals surface area contributed by atoms with Gasteiger partial charge < -0.3 is 9.32 Å². The lowest BCUT2D eigenvalue weighted by Crippen LogP contribution is -2.10. The Morgan fingerprint density at radius 1 is 0.288 bits per heavy atom. The van der Waals surface area contributed by atoms with Crippen molar-refractivity contribution in [1.82, 2.24) is 0 Å². The van der Waals surface area contributed by atoms with Crippen LogP contribution in [0.25, 0.3) is 86.9 Å². The number of para-hydroxylation sites is 1. The van der Waals surface area contributed by atoms with E-state index in [4.69, 9.17) is 4.42 Å². The van der Waals surface area contributed by atoms with Gasteiger partial charge in [-0.05, 0) is 102 Å². The van der Waals surface area contributed by atoms with Gasteiger partial charge in [-0.3, -0.25) is 0 Å². The van der Waals surface area contributed by atoms with E-state index in [1.165, 1.54) is 59.6 Å². The molecule has 0 aliphatic heterocycles. The van der Waals surface area contributed by atoms with Gasteiger partial charge in [-0.2, -0.15) is 0 Å². The second-order valence-electron chi connectivity index (χ2n) is 13.7. The summed E-state index contributed by atoms with van der Waals surface area (Å²) in [6, 6.07) is 68.1. The average molecular weight is 662 g/mol. The fourth-order valence-corrected chi connectivity index (χ4v) is 8.24. The largest absolute Gasteiger partial charge is 0.453 e. The molecule has 2 nitrogen and oxygen atoms in total. The van der Waals surface area contributed by atoms with Crippen LogP contribution in [0.2, 0.25) is 0 Å². The van der Waals surface area contributed by atoms with Crippen LogP contribution in [0.1, 0.15) is 0 Å². The van der Waals surface area contributed by atoms with Gasteiger partial charge in [-0.15, -0.1) is 0 Å². The number of hydrogen-bond acceptors (Lipinski definition) is 2. The van der Waals surface area contributed by atoms with Crippen molar-refractivity contribution in [3.63, 3.8) is 0 Å². The second kappa shape index (κ2) is 11.3. The van der Waals surface area contributed by atoms with Crippen molar-refractivity contribution in [3.8, 4) is 11.1 Å². The fourth-order valence-electron chi connectivity index (χ4n) is 8.24. The Kier molecular flexibility index (Phi) is 6.28. The van der Waals surface area contributed by atoms with Gasteiger partial charge in [0, 0.05) is 27.5 Å². The number of furan rings is 1. The minimum absolute atomic E-state index is 0.873. The predicted molar refractivity (Wildman–Crippen MR) is 221 cm³/mol. The Morgan fingerprint density at radius 2 is 0.788 bits per heavy atom. The summed E-state index contributed by atoms with van der Waals surface area (Å²) in [5.41, 5.74) is 7.31. The van der Waals surface area contributed by atoms with Crippen molar-refractivity contribution in [1.29, 1.82) is 0 Å². The monoisotopic (exact) mass is 661 g/mol. The van der Waals surface area contributed by atoms with E-state index in [1.807, 2.05) is 0 Å². The first-order chi connectivity index (χ1) is 25.8. The quantitative estimate of drug-likeness (QED) is 0.175. The summed E-state index contributed by atoms with van der Waals surface area (Å²) < 4.78 is 6.90. The molecule has 2 heteroatoms. The van der Waals surface area contributed by atoms with Crippen LogP contribution in [-0.2, 0) is 0 Å². The van der Waals surface area contributed by atoms with E-state index in [0.29, 0.717) is 0 Å². The van der Waals surface area contributed by atoms with E-state index in [9.17, 15) is 0 Å². The molecule has 0 radical (unpaired) electrons. The van der Waals surface area contributed by atoms with Crippen molar-refractivity contribution in [2.45, 2.75) is 0 Å². The molecule has 0 N–H and O–H groups in total. The number of anilines is 3. The molecule has 0 saturated heterocycles. The molecule has 0 bridgehead atoms. The summed E-state index contributed by atoms with van der Waals surface area (Å²) in [6.45, 7) is 0. The molecular formula is C50H31NO. The zero-order valence-electron chi connectivity index (χ0n) is 28.3. The zero-order valence-corrected chi connectivity index (χ0v) is 28.3. The molecule has 0 atom stereocenters. The van der Waals surface area contributed by atoms with Gasteiger partial charge in [-0.25, -0.2) is 0 Å². The van der Waals surface area contributed by atoms with Gasteiger partial charge in [0.25, 0.3) is 0 Å². The molecule has 0 amide bonds. The topological polar surface area (TPSA) is 16.4 Å². The lowest BCUT2D eigenvalue weighted by molar-refractivity contribution is 0.673. The van der Waals surface area contributed by atoms with E-state index in [0.717, 1.165) is 44.4 Å². The number of hydrogen-bond donors (Lipinski definition) is 0. The van der Waals surface area contributed by atoms with Gasteiger partial charge in [-0.1, -0.05) is 146 Å². The third kappa shape index (κ3) is 4.44. The average Bonchev–Trinajstić information content (AvgIpc) is 3.61. The summed E-state index contributed by atoms with van der Waals surface area (Å²) in [5, 5.41) is 14.5. The van der Waals surface area contributed by atoms with Crippen LogP contribution in [0.15, 0.2) is 192 Å². The van der Waals surface area contributed by atoms with Crippen LogP contribution in [0.5, 0.6) is 0 Å². The maximum Gasteiger partial charge on any atom is 0.159 e. The molecule has 52 heavy (non-hydrogen) atoms. The third-order valence-electron chi connectivity index (χ3n) is 10.8. The van der Waals surface area contributed by atoms with Crippen LogP contribution < -0.4 is 4.90 Å². The first-order valence-corrected chi connectivity index (χ1v) is 17.8. The lowest BCUT2D eigenvalue weighted by Gasteiger charge is -2.26. The highest BCUT2D eigenvalue weighted by Crippen LogP contribution is 2.45. The minimum atomic E-state index is 0.873. The molecule has 0 unspecified atom stereocenters. The van der Waals surface area contributed by atoms with Crippen molar-refractivity contribution < 1.29 is 4.42 Å². The van der Waals surface area contributed by atoms with Crippen LogP contribution in [-0.4, -0.2) is 0 Å². The maximum atomic E-state index is 6.90. The lowest BCUT2D eigenvalue weighted by atomic mass is 9.97. The number of rotatable bonds is 4. The highest BCUT2D eigenvalue weighted by molar-refractivity contribution is 6.18.